The van der Waals surface area contributed by atoms with Crippen LogP contribution < -0.4 is 0 Å². The third-order valence-corrected chi connectivity index (χ3v) is 3.13. The summed E-state index contributed by atoms with van der Waals surface area (Å²) < 4.78 is 43.1. The number of hydrogen-bond donors (Lipinski definition) is 0. The molecular formula is C11H7F3INO2. The van der Waals surface area contributed by atoms with Gasteiger partial charge in [0, 0.05) is 3.57 Å². The van der Waals surface area contributed by atoms with E-state index in [2.05, 4.69) is 4.74 Å². The molecule has 7 heteroatoms. The number of carbonyl (C=O) groups excluding carboxylic acids is 1. The van der Waals surface area contributed by atoms with Gasteiger partial charge in [-0.2, -0.15) is 18.4 Å². The Morgan fingerprint density at radius 1 is 1.50 bits per heavy atom. The van der Waals surface area contributed by atoms with Gasteiger partial charge in [0.05, 0.1) is 24.7 Å². The van der Waals surface area contributed by atoms with Gasteiger partial charge in [-0.3, -0.25) is 4.79 Å². The molecule has 0 aliphatic carbocycles. The van der Waals surface area contributed by atoms with E-state index in [0.29, 0.717) is 3.57 Å². The highest BCUT2D eigenvalue weighted by atomic mass is 127. The topological polar surface area (TPSA) is 50.1 Å². The first-order valence-electron chi connectivity index (χ1n) is 4.66. The predicted octanol–water partition coefficient (Wildman–Crippen LogP) is 2.90. The number of carbonyl (C=O) groups is 1. The van der Waals surface area contributed by atoms with E-state index in [-0.39, 0.29) is 11.1 Å². The summed E-state index contributed by atoms with van der Waals surface area (Å²) in [5, 5.41) is 8.90. The summed E-state index contributed by atoms with van der Waals surface area (Å²) in [5.74, 6) is -0.820. The quantitative estimate of drug-likeness (QED) is 0.595. The highest BCUT2D eigenvalue weighted by Crippen LogP contribution is 2.35. The number of ether oxygens (including phenoxy) is 1. The molecular weight excluding hydrogens is 362 g/mol. The molecule has 0 amide bonds. The van der Waals surface area contributed by atoms with Crippen LogP contribution >= 0.6 is 22.6 Å². The Bertz CT molecular complexity index is 520. The van der Waals surface area contributed by atoms with Crippen LogP contribution in [0, 0.1) is 14.9 Å². The lowest BCUT2D eigenvalue weighted by Crippen LogP contribution is -2.15. The molecule has 0 aliphatic rings. The summed E-state index contributed by atoms with van der Waals surface area (Å²) in [4.78, 5) is 11.1. The monoisotopic (exact) mass is 369 g/mol. The summed E-state index contributed by atoms with van der Waals surface area (Å²) in [6.45, 7) is 0. The van der Waals surface area contributed by atoms with Crippen molar-refractivity contribution in [2.24, 2.45) is 0 Å². The van der Waals surface area contributed by atoms with Crippen LogP contribution in [-0.4, -0.2) is 13.1 Å². The SMILES string of the molecule is COC(=O)Cc1c(C(F)(F)F)ccc(I)c1C#N. The van der Waals surface area contributed by atoms with Crippen molar-refractivity contribution in [2.75, 3.05) is 7.11 Å². The lowest BCUT2D eigenvalue weighted by molar-refractivity contribution is -0.141. The molecule has 0 heterocycles. The number of halogens is 4. The maximum absolute atomic E-state index is 12.8. The number of nitrogens with zero attached hydrogens (tertiary/aromatic N) is 1. The van der Waals surface area contributed by atoms with Gasteiger partial charge in [0.1, 0.15) is 6.07 Å². The fourth-order valence-corrected chi connectivity index (χ4v) is 2.03. The minimum Gasteiger partial charge on any atom is -0.469 e. The molecule has 0 fully saturated rings. The number of benzene rings is 1. The van der Waals surface area contributed by atoms with Gasteiger partial charge in [-0.1, -0.05) is 0 Å². The van der Waals surface area contributed by atoms with Crippen molar-refractivity contribution in [3.05, 3.63) is 32.4 Å². The zero-order valence-corrected chi connectivity index (χ0v) is 11.3. The summed E-state index contributed by atoms with van der Waals surface area (Å²) in [7, 11) is 1.08. The Balaban J connectivity index is 3.46. The van der Waals surface area contributed by atoms with Crippen molar-refractivity contribution in [3.8, 4) is 6.07 Å². The van der Waals surface area contributed by atoms with Crippen molar-refractivity contribution in [1.82, 2.24) is 0 Å². The Labute approximate surface area is 115 Å². The van der Waals surface area contributed by atoms with Crippen LogP contribution in [0.3, 0.4) is 0 Å². The Morgan fingerprint density at radius 2 is 2.11 bits per heavy atom. The van der Waals surface area contributed by atoms with Crippen molar-refractivity contribution >= 4 is 28.6 Å². The van der Waals surface area contributed by atoms with E-state index in [0.717, 1.165) is 13.2 Å². The van der Waals surface area contributed by atoms with Gasteiger partial charge in [-0.25, -0.2) is 0 Å². The standard InChI is InChI=1S/C11H7F3INO2/c1-18-10(17)4-6-7(5-16)9(15)3-2-8(6)11(12,13)14/h2-3H,4H2,1H3. The molecule has 0 spiro atoms. The molecule has 96 valence electrons. The van der Waals surface area contributed by atoms with E-state index in [1.807, 2.05) is 0 Å². The molecule has 0 atom stereocenters. The fraction of sp³-hybridized carbons (Fsp3) is 0.273. The smallest absolute Gasteiger partial charge is 0.416 e. The van der Waals surface area contributed by atoms with Gasteiger partial charge in [-0.05, 0) is 40.3 Å². The van der Waals surface area contributed by atoms with Gasteiger partial charge in [0.25, 0.3) is 0 Å². The number of alkyl halides is 3. The molecule has 3 nitrogen and oxygen atoms in total. The van der Waals surface area contributed by atoms with Crippen LogP contribution in [0.5, 0.6) is 0 Å². The van der Waals surface area contributed by atoms with Crippen molar-refractivity contribution in [2.45, 2.75) is 12.6 Å². The maximum atomic E-state index is 12.8. The molecule has 0 aliphatic heterocycles. The highest BCUT2D eigenvalue weighted by molar-refractivity contribution is 14.1. The second-order valence-corrected chi connectivity index (χ2v) is 4.47. The van der Waals surface area contributed by atoms with E-state index in [1.54, 1.807) is 28.7 Å². The van der Waals surface area contributed by atoms with Crippen molar-refractivity contribution in [1.29, 1.82) is 5.26 Å². The maximum Gasteiger partial charge on any atom is 0.416 e. The van der Waals surface area contributed by atoms with E-state index >= 15 is 0 Å². The van der Waals surface area contributed by atoms with E-state index in [4.69, 9.17) is 5.26 Å². The molecule has 0 radical (unpaired) electrons. The minimum absolute atomic E-state index is 0.143. The number of nitriles is 1. The second-order valence-electron chi connectivity index (χ2n) is 3.31. The summed E-state index contributed by atoms with van der Waals surface area (Å²) in [6, 6.07) is 3.75. The zero-order chi connectivity index (χ0) is 13.9. The normalized spacial score (nSPS) is 10.9. The second kappa shape index (κ2) is 5.56. The molecule has 0 bridgehead atoms. The Hall–Kier alpha value is -1.30. The summed E-state index contributed by atoms with van der Waals surface area (Å²) in [5.41, 5.74) is -1.47. The van der Waals surface area contributed by atoms with E-state index in [1.165, 1.54) is 6.07 Å². The first kappa shape index (κ1) is 14.8. The fourth-order valence-electron chi connectivity index (χ4n) is 1.41. The average molecular weight is 369 g/mol. The number of methoxy groups -OCH3 is 1. The van der Waals surface area contributed by atoms with Crippen molar-refractivity contribution in [3.63, 3.8) is 0 Å². The molecule has 0 N–H and O–H groups in total. The van der Waals surface area contributed by atoms with Crippen LogP contribution in [0.15, 0.2) is 12.1 Å². The Morgan fingerprint density at radius 3 is 2.56 bits per heavy atom. The van der Waals surface area contributed by atoms with Crippen LogP contribution in [0.1, 0.15) is 16.7 Å². The first-order chi connectivity index (χ1) is 8.31. The Kier molecular flexibility index (Phi) is 4.56. The van der Waals surface area contributed by atoms with Crippen molar-refractivity contribution < 1.29 is 22.7 Å². The summed E-state index contributed by atoms with van der Waals surface area (Å²) in [6.07, 6.45) is -5.19. The van der Waals surface area contributed by atoms with Gasteiger partial charge in [0.2, 0.25) is 0 Å². The first-order valence-corrected chi connectivity index (χ1v) is 5.74. The van der Waals surface area contributed by atoms with E-state index < -0.39 is 24.1 Å². The van der Waals surface area contributed by atoms with Gasteiger partial charge < -0.3 is 4.74 Å². The molecule has 18 heavy (non-hydrogen) atoms. The molecule has 0 unspecified atom stereocenters. The molecule has 0 saturated heterocycles. The molecule has 0 aromatic heterocycles. The van der Waals surface area contributed by atoms with Crippen LogP contribution in [0.2, 0.25) is 0 Å². The minimum atomic E-state index is -4.61. The van der Waals surface area contributed by atoms with Crippen LogP contribution in [-0.2, 0) is 22.1 Å². The lowest BCUT2D eigenvalue weighted by Gasteiger charge is -2.14. The van der Waals surface area contributed by atoms with Crippen LogP contribution in [0.4, 0.5) is 13.2 Å². The molecule has 1 aromatic carbocycles. The number of esters is 1. The largest absolute Gasteiger partial charge is 0.469 e. The number of hydrogen-bond acceptors (Lipinski definition) is 3. The van der Waals surface area contributed by atoms with Gasteiger partial charge in [-0.15, -0.1) is 0 Å². The summed E-state index contributed by atoms with van der Waals surface area (Å²) >= 11 is 1.75. The molecule has 0 saturated carbocycles. The van der Waals surface area contributed by atoms with E-state index in [9.17, 15) is 18.0 Å². The predicted molar refractivity (Wildman–Crippen MR) is 64.6 cm³/mol. The van der Waals surface area contributed by atoms with Gasteiger partial charge >= 0.3 is 12.1 Å². The zero-order valence-electron chi connectivity index (χ0n) is 9.14. The molecule has 1 rings (SSSR count). The van der Waals surface area contributed by atoms with Crippen LogP contribution in [0.25, 0.3) is 0 Å². The number of rotatable bonds is 2. The third-order valence-electron chi connectivity index (χ3n) is 2.23. The third kappa shape index (κ3) is 3.13. The highest BCUT2D eigenvalue weighted by Gasteiger charge is 2.35. The average Bonchev–Trinajstić information content (AvgIpc) is 2.27. The lowest BCUT2D eigenvalue weighted by atomic mass is 9.98. The van der Waals surface area contributed by atoms with Gasteiger partial charge in [0.15, 0.2) is 0 Å². The molecule has 1 aromatic rings.